The van der Waals surface area contributed by atoms with Crippen molar-refractivity contribution in [2.24, 2.45) is 11.1 Å². The molecule has 0 saturated carbocycles. The van der Waals surface area contributed by atoms with E-state index < -0.39 is 10.0 Å². The summed E-state index contributed by atoms with van der Waals surface area (Å²) in [5.74, 6) is 0.135. The van der Waals surface area contributed by atoms with Crippen molar-refractivity contribution >= 4 is 43.5 Å². The number of hydrogen-bond donors (Lipinski definition) is 1. The first-order valence-corrected chi connectivity index (χ1v) is 9.15. The summed E-state index contributed by atoms with van der Waals surface area (Å²) in [4.78, 5) is 14.2. The Morgan fingerprint density at radius 2 is 2.05 bits per heavy atom. The van der Waals surface area contributed by atoms with Crippen LogP contribution in [0.3, 0.4) is 0 Å². The number of carbonyl (C=O) groups is 1. The number of nitrogens with zero attached hydrogens (tertiary/aromatic N) is 1. The summed E-state index contributed by atoms with van der Waals surface area (Å²) in [6.07, 6.45) is 0.916. The molecule has 1 aliphatic heterocycles. The van der Waals surface area contributed by atoms with E-state index in [9.17, 15) is 13.2 Å². The van der Waals surface area contributed by atoms with E-state index in [1.165, 1.54) is 12.1 Å². The smallest absolute Gasteiger partial charge is 0.255 e. The first kappa shape index (κ1) is 16.7. The molecule has 21 heavy (non-hydrogen) atoms. The maximum atomic E-state index is 12.6. The SMILES string of the molecule is CC1CC(C)N(C(=O)c2cc(S(N)(=O)=O)cc(Br)c2Cl)C1. The molecule has 1 aliphatic rings. The molecule has 1 fully saturated rings. The van der Waals surface area contributed by atoms with Crippen LogP contribution in [0.5, 0.6) is 0 Å². The summed E-state index contributed by atoms with van der Waals surface area (Å²) in [6, 6.07) is 2.63. The Labute approximate surface area is 137 Å². The van der Waals surface area contributed by atoms with Crippen LogP contribution in [-0.4, -0.2) is 31.8 Å². The summed E-state index contributed by atoms with van der Waals surface area (Å²) >= 11 is 9.31. The molecule has 0 aromatic heterocycles. The standard InChI is InChI=1S/C13H16BrClN2O3S/c1-7-3-8(2)17(6-7)13(18)10-4-9(21(16,19)20)5-11(14)12(10)15/h4-5,7-8H,3,6H2,1-2H3,(H2,16,19,20). The first-order valence-electron chi connectivity index (χ1n) is 6.44. The third-order valence-corrected chi connectivity index (χ3v) is 5.76. The zero-order chi connectivity index (χ0) is 15.9. The number of sulfonamides is 1. The van der Waals surface area contributed by atoms with Gasteiger partial charge >= 0.3 is 0 Å². The van der Waals surface area contributed by atoms with Gasteiger partial charge < -0.3 is 4.90 Å². The minimum absolute atomic E-state index is 0.0977. The van der Waals surface area contributed by atoms with E-state index in [0.29, 0.717) is 16.9 Å². The van der Waals surface area contributed by atoms with Crippen LogP contribution < -0.4 is 5.14 Å². The van der Waals surface area contributed by atoms with Gasteiger partial charge in [0.1, 0.15) is 0 Å². The van der Waals surface area contributed by atoms with Crippen molar-refractivity contribution in [3.63, 3.8) is 0 Å². The van der Waals surface area contributed by atoms with Gasteiger partial charge in [0.15, 0.2) is 0 Å². The van der Waals surface area contributed by atoms with Crippen LogP contribution in [0.15, 0.2) is 21.5 Å². The molecule has 1 aromatic carbocycles. The van der Waals surface area contributed by atoms with Crippen LogP contribution in [0, 0.1) is 5.92 Å². The first-order chi connectivity index (χ1) is 9.61. The molecule has 0 aliphatic carbocycles. The van der Waals surface area contributed by atoms with Gasteiger partial charge in [0.2, 0.25) is 10.0 Å². The Hall–Kier alpha value is -0.630. The van der Waals surface area contributed by atoms with E-state index in [1.54, 1.807) is 4.90 Å². The lowest BCUT2D eigenvalue weighted by Gasteiger charge is -2.22. The fraction of sp³-hybridized carbons (Fsp3) is 0.462. The Balaban J connectivity index is 2.48. The second-order valence-electron chi connectivity index (χ2n) is 5.46. The summed E-state index contributed by atoms with van der Waals surface area (Å²) in [5.41, 5.74) is 0.149. The van der Waals surface area contributed by atoms with Crippen LogP contribution in [-0.2, 0) is 10.0 Å². The Kier molecular flexibility index (Phi) is 4.68. The molecule has 116 valence electrons. The molecule has 2 rings (SSSR count). The molecule has 1 amide bonds. The third-order valence-electron chi connectivity index (χ3n) is 3.61. The van der Waals surface area contributed by atoms with Crippen molar-refractivity contribution in [3.05, 3.63) is 27.2 Å². The Morgan fingerprint density at radius 1 is 1.43 bits per heavy atom. The minimum Gasteiger partial charge on any atom is -0.336 e. The van der Waals surface area contributed by atoms with Crippen LogP contribution in [0.2, 0.25) is 5.02 Å². The molecule has 8 heteroatoms. The Morgan fingerprint density at radius 3 is 2.52 bits per heavy atom. The van der Waals surface area contributed by atoms with Gasteiger partial charge in [0.25, 0.3) is 5.91 Å². The molecule has 2 atom stereocenters. The van der Waals surface area contributed by atoms with Crippen molar-refractivity contribution in [3.8, 4) is 0 Å². The van der Waals surface area contributed by atoms with Gasteiger partial charge in [-0.3, -0.25) is 4.79 Å². The van der Waals surface area contributed by atoms with E-state index >= 15 is 0 Å². The number of benzene rings is 1. The average Bonchev–Trinajstić information content (AvgIpc) is 2.69. The molecule has 1 aromatic rings. The van der Waals surface area contributed by atoms with E-state index in [-0.39, 0.29) is 27.4 Å². The second-order valence-corrected chi connectivity index (χ2v) is 8.25. The highest BCUT2D eigenvalue weighted by Gasteiger charge is 2.32. The highest BCUT2D eigenvalue weighted by atomic mass is 79.9. The molecule has 0 spiro atoms. The number of halogens is 2. The Bertz CT molecular complexity index is 693. The average molecular weight is 396 g/mol. The van der Waals surface area contributed by atoms with Gasteiger partial charge in [0, 0.05) is 17.1 Å². The number of nitrogens with two attached hydrogens (primary N) is 1. The monoisotopic (exact) mass is 394 g/mol. The van der Waals surface area contributed by atoms with Crippen LogP contribution in [0.1, 0.15) is 30.6 Å². The van der Waals surface area contributed by atoms with E-state index in [2.05, 4.69) is 22.9 Å². The zero-order valence-corrected chi connectivity index (χ0v) is 14.8. The van der Waals surface area contributed by atoms with Crippen molar-refractivity contribution in [2.75, 3.05) is 6.54 Å². The quantitative estimate of drug-likeness (QED) is 0.836. The number of primary sulfonamides is 1. The van der Waals surface area contributed by atoms with Crippen molar-refractivity contribution < 1.29 is 13.2 Å². The summed E-state index contributed by atoms with van der Waals surface area (Å²) in [5, 5.41) is 5.32. The molecule has 0 radical (unpaired) electrons. The number of amides is 1. The maximum absolute atomic E-state index is 12.6. The molecule has 5 nitrogen and oxygen atoms in total. The summed E-state index contributed by atoms with van der Waals surface area (Å²) in [7, 11) is -3.91. The van der Waals surface area contributed by atoms with E-state index in [0.717, 1.165) is 6.42 Å². The number of carbonyl (C=O) groups excluding carboxylic acids is 1. The molecule has 2 unspecified atom stereocenters. The van der Waals surface area contributed by atoms with Crippen molar-refractivity contribution in [2.45, 2.75) is 31.2 Å². The van der Waals surface area contributed by atoms with E-state index in [1.807, 2.05) is 6.92 Å². The van der Waals surface area contributed by atoms with E-state index in [4.69, 9.17) is 16.7 Å². The summed E-state index contributed by atoms with van der Waals surface area (Å²) < 4.78 is 23.3. The number of hydrogen-bond acceptors (Lipinski definition) is 3. The lowest BCUT2D eigenvalue weighted by Crippen LogP contribution is -2.34. The fourth-order valence-corrected chi connectivity index (χ4v) is 3.99. The molecular formula is C13H16BrClN2O3S. The molecule has 1 saturated heterocycles. The topological polar surface area (TPSA) is 80.5 Å². The minimum atomic E-state index is -3.91. The molecular weight excluding hydrogens is 380 g/mol. The molecule has 2 N–H and O–H groups in total. The molecule has 1 heterocycles. The molecule has 0 bridgehead atoms. The van der Waals surface area contributed by atoms with Gasteiger partial charge in [-0.15, -0.1) is 0 Å². The highest BCUT2D eigenvalue weighted by Crippen LogP contribution is 2.32. The van der Waals surface area contributed by atoms with Crippen LogP contribution >= 0.6 is 27.5 Å². The normalized spacial score (nSPS) is 22.6. The van der Waals surface area contributed by atoms with Gasteiger partial charge in [-0.05, 0) is 47.3 Å². The maximum Gasteiger partial charge on any atom is 0.255 e. The lowest BCUT2D eigenvalue weighted by atomic mass is 10.1. The van der Waals surface area contributed by atoms with Gasteiger partial charge in [-0.25, -0.2) is 13.6 Å². The van der Waals surface area contributed by atoms with Gasteiger partial charge in [-0.1, -0.05) is 18.5 Å². The van der Waals surface area contributed by atoms with Crippen molar-refractivity contribution in [1.82, 2.24) is 4.90 Å². The predicted octanol–water partition coefficient (Wildman–Crippen LogP) is 2.62. The fourth-order valence-electron chi connectivity index (χ4n) is 2.62. The van der Waals surface area contributed by atoms with Crippen LogP contribution in [0.25, 0.3) is 0 Å². The highest BCUT2D eigenvalue weighted by molar-refractivity contribution is 9.10. The third kappa shape index (κ3) is 3.41. The van der Waals surface area contributed by atoms with Crippen molar-refractivity contribution in [1.29, 1.82) is 0 Å². The lowest BCUT2D eigenvalue weighted by molar-refractivity contribution is 0.0743. The van der Waals surface area contributed by atoms with Gasteiger partial charge in [0.05, 0.1) is 15.5 Å². The predicted molar refractivity (Wildman–Crippen MR) is 84.8 cm³/mol. The zero-order valence-electron chi connectivity index (χ0n) is 11.6. The van der Waals surface area contributed by atoms with Gasteiger partial charge in [-0.2, -0.15) is 0 Å². The number of rotatable bonds is 2. The summed E-state index contributed by atoms with van der Waals surface area (Å²) in [6.45, 7) is 4.67. The number of likely N-dealkylation sites (tertiary alicyclic amines) is 1. The second kappa shape index (κ2) is 5.87. The van der Waals surface area contributed by atoms with Crippen LogP contribution in [0.4, 0.5) is 0 Å². The largest absolute Gasteiger partial charge is 0.336 e.